The Morgan fingerprint density at radius 2 is 1.97 bits per heavy atom. The molecule has 0 radical (unpaired) electrons. The van der Waals surface area contributed by atoms with Crippen LogP contribution in [0.5, 0.6) is 0 Å². The van der Waals surface area contributed by atoms with Crippen molar-refractivity contribution in [1.82, 2.24) is 24.8 Å². The fourth-order valence-corrected chi connectivity index (χ4v) is 4.20. The van der Waals surface area contributed by atoms with E-state index in [1.54, 1.807) is 18.6 Å². The summed E-state index contributed by atoms with van der Waals surface area (Å²) in [4.78, 5) is 32.6. The van der Waals surface area contributed by atoms with E-state index in [2.05, 4.69) is 44.0 Å². The summed E-state index contributed by atoms with van der Waals surface area (Å²) in [7, 11) is 0. The van der Waals surface area contributed by atoms with Crippen LogP contribution in [0.15, 0.2) is 59.6 Å². The van der Waals surface area contributed by atoms with E-state index in [-0.39, 0.29) is 23.5 Å². The number of carbonyl (C=O) groups excluding carboxylic acids is 1. The van der Waals surface area contributed by atoms with Gasteiger partial charge in [0.15, 0.2) is 11.6 Å². The summed E-state index contributed by atoms with van der Waals surface area (Å²) in [6.07, 6.45) is 8.62. The van der Waals surface area contributed by atoms with Crippen LogP contribution in [-0.2, 0) is 0 Å². The number of benzene rings is 1. The summed E-state index contributed by atoms with van der Waals surface area (Å²) in [5, 5.41) is 3.63. The lowest BCUT2D eigenvalue weighted by Crippen LogP contribution is -2.37. The van der Waals surface area contributed by atoms with Crippen molar-refractivity contribution in [2.45, 2.75) is 38.6 Å². The standard InChI is InChI=1S/C25H26N6O2/c1-16(2)31-10-7-17(8-11-31)24-28-22(15-33-24)23(32)30-25-27-14-20-6-5-18(12-21(20)29-25)19-4-3-9-26-13-19/h3-6,9,12-17H,7-8,10-11H2,1-2H3,(H,27,29,30,32). The third kappa shape index (κ3) is 4.61. The molecule has 1 aromatic carbocycles. The van der Waals surface area contributed by atoms with Crippen LogP contribution in [0.3, 0.4) is 0 Å². The van der Waals surface area contributed by atoms with E-state index in [1.165, 1.54) is 6.26 Å². The van der Waals surface area contributed by atoms with Crippen molar-refractivity contribution in [1.29, 1.82) is 0 Å². The van der Waals surface area contributed by atoms with E-state index in [4.69, 9.17) is 4.42 Å². The zero-order valence-corrected chi connectivity index (χ0v) is 18.7. The molecule has 3 aromatic heterocycles. The van der Waals surface area contributed by atoms with Gasteiger partial charge in [0.1, 0.15) is 6.26 Å². The lowest BCUT2D eigenvalue weighted by atomic mass is 9.96. The molecule has 5 rings (SSSR count). The van der Waals surface area contributed by atoms with Crippen molar-refractivity contribution < 1.29 is 9.21 Å². The summed E-state index contributed by atoms with van der Waals surface area (Å²) in [5.74, 6) is 0.714. The third-order valence-corrected chi connectivity index (χ3v) is 6.17. The van der Waals surface area contributed by atoms with Gasteiger partial charge in [-0.15, -0.1) is 0 Å². The number of likely N-dealkylation sites (tertiary alicyclic amines) is 1. The predicted molar refractivity (Wildman–Crippen MR) is 126 cm³/mol. The van der Waals surface area contributed by atoms with Crippen molar-refractivity contribution in [3.05, 3.63) is 66.8 Å². The number of hydrogen-bond acceptors (Lipinski definition) is 7. The maximum Gasteiger partial charge on any atom is 0.279 e. The van der Waals surface area contributed by atoms with E-state index in [1.807, 2.05) is 30.3 Å². The molecule has 0 atom stereocenters. The first-order chi connectivity index (χ1) is 16.1. The van der Waals surface area contributed by atoms with Gasteiger partial charge in [0, 0.05) is 41.5 Å². The highest BCUT2D eigenvalue weighted by atomic mass is 16.3. The van der Waals surface area contributed by atoms with Crippen LogP contribution in [0.25, 0.3) is 22.0 Å². The molecule has 0 saturated carbocycles. The average Bonchev–Trinajstić information content (AvgIpc) is 3.35. The Labute approximate surface area is 192 Å². The molecule has 1 fully saturated rings. The molecule has 1 saturated heterocycles. The lowest BCUT2D eigenvalue weighted by Gasteiger charge is -2.33. The molecule has 0 spiro atoms. The zero-order valence-electron chi connectivity index (χ0n) is 18.7. The smallest absolute Gasteiger partial charge is 0.279 e. The maximum atomic E-state index is 12.7. The summed E-state index contributed by atoms with van der Waals surface area (Å²) in [6, 6.07) is 10.3. The SMILES string of the molecule is CC(C)N1CCC(c2nc(C(=O)Nc3ncc4ccc(-c5cccnc5)cc4n3)co2)CC1. The monoisotopic (exact) mass is 442 g/mol. The Hall–Kier alpha value is -3.65. The maximum absolute atomic E-state index is 12.7. The van der Waals surface area contributed by atoms with E-state index >= 15 is 0 Å². The van der Waals surface area contributed by atoms with Gasteiger partial charge in [0.25, 0.3) is 5.91 Å². The molecule has 4 heterocycles. The highest BCUT2D eigenvalue weighted by Crippen LogP contribution is 2.28. The van der Waals surface area contributed by atoms with Gasteiger partial charge in [-0.3, -0.25) is 15.1 Å². The van der Waals surface area contributed by atoms with Crippen LogP contribution in [-0.4, -0.2) is 49.9 Å². The Morgan fingerprint density at radius 1 is 1.12 bits per heavy atom. The number of hydrogen-bond donors (Lipinski definition) is 1. The number of rotatable bonds is 5. The van der Waals surface area contributed by atoms with Gasteiger partial charge in [0.05, 0.1) is 5.52 Å². The number of nitrogens with zero attached hydrogens (tertiary/aromatic N) is 5. The number of fused-ring (bicyclic) bond motifs is 1. The molecule has 0 aliphatic carbocycles. The Kier molecular flexibility index (Phi) is 5.83. The molecule has 8 heteroatoms. The second kappa shape index (κ2) is 9.07. The highest BCUT2D eigenvalue weighted by molar-refractivity contribution is 6.02. The number of amides is 1. The minimum atomic E-state index is -0.382. The Bertz CT molecular complexity index is 1260. The van der Waals surface area contributed by atoms with Gasteiger partial charge in [0.2, 0.25) is 5.95 Å². The molecular weight excluding hydrogens is 416 g/mol. The van der Waals surface area contributed by atoms with Crippen LogP contribution in [0, 0.1) is 0 Å². The first-order valence-corrected chi connectivity index (χ1v) is 11.2. The first-order valence-electron chi connectivity index (χ1n) is 11.2. The van der Waals surface area contributed by atoms with Gasteiger partial charge < -0.3 is 9.32 Å². The molecule has 0 bridgehead atoms. The quantitative estimate of drug-likeness (QED) is 0.485. The summed E-state index contributed by atoms with van der Waals surface area (Å²) >= 11 is 0. The van der Waals surface area contributed by atoms with Crippen LogP contribution in [0.2, 0.25) is 0 Å². The van der Waals surface area contributed by atoms with Gasteiger partial charge in [-0.2, -0.15) is 0 Å². The van der Waals surface area contributed by atoms with Crippen molar-refractivity contribution >= 4 is 22.8 Å². The number of nitrogens with one attached hydrogen (secondary N) is 1. The van der Waals surface area contributed by atoms with Crippen LogP contribution in [0.4, 0.5) is 5.95 Å². The molecule has 33 heavy (non-hydrogen) atoms. The van der Waals surface area contributed by atoms with Crippen LogP contribution in [0.1, 0.15) is 49.0 Å². The normalized spacial score (nSPS) is 15.2. The van der Waals surface area contributed by atoms with Crippen molar-refractivity contribution in [2.24, 2.45) is 0 Å². The number of piperidine rings is 1. The van der Waals surface area contributed by atoms with Gasteiger partial charge in [-0.1, -0.05) is 18.2 Å². The number of carbonyl (C=O) groups is 1. The summed E-state index contributed by atoms with van der Waals surface area (Å²) < 4.78 is 5.66. The summed E-state index contributed by atoms with van der Waals surface area (Å²) in [6.45, 7) is 6.45. The molecule has 1 aliphatic heterocycles. The van der Waals surface area contributed by atoms with Gasteiger partial charge in [-0.05, 0) is 57.5 Å². The number of anilines is 1. The molecule has 4 aromatic rings. The number of pyridine rings is 1. The Morgan fingerprint density at radius 3 is 2.73 bits per heavy atom. The van der Waals surface area contributed by atoms with Gasteiger partial charge in [-0.25, -0.2) is 15.0 Å². The topological polar surface area (TPSA) is 97.0 Å². The second-order valence-corrected chi connectivity index (χ2v) is 8.64. The predicted octanol–water partition coefficient (Wildman–Crippen LogP) is 4.52. The van der Waals surface area contributed by atoms with E-state index in [9.17, 15) is 4.79 Å². The molecule has 1 aliphatic rings. The van der Waals surface area contributed by atoms with E-state index in [0.29, 0.717) is 11.9 Å². The van der Waals surface area contributed by atoms with E-state index < -0.39 is 0 Å². The number of oxazole rings is 1. The van der Waals surface area contributed by atoms with Crippen molar-refractivity contribution in [3.8, 4) is 11.1 Å². The molecule has 8 nitrogen and oxygen atoms in total. The minimum absolute atomic E-state index is 0.227. The third-order valence-electron chi connectivity index (χ3n) is 6.17. The molecule has 0 unspecified atom stereocenters. The van der Waals surface area contributed by atoms with Crippen LogP contribution < -0.4 is 5.32 Å². The molecular formula is C25H26N6O2. The summed E-state index contributed by atoms with van der Waals surface area (Å²) in [5.41, 5.74) is 2.97. The highest BCUT2D eigenvalue weighted by Gasteiger charge is 2.26. The molecule has 1 amide bonds. The van der Waals surface area contributed by atoms with Crippen LogP contribution >= 0.6 is 0 Å². The first kappa shape index (κ1) is 21.2. The largest absolute Gasteiger partial charge is 0.448 e. The Balaban J connectivity index is 1.29. The van der Waals surface area contributed by atoms with Crippen molar-refractivity contribution in [3.63, 3.8) is 0 Å². The van der Waals surface area contributed by atoms with E-state index in [0.717, 1.165) is 48.0 Å². The minimum Gasteiger partial charge on any atom is -0.448 e. The zero-order chi connectivity index (χ0) is 22.8. The molecule has 1 N–H and O–H groups in total. The average molecular weight is 443 g/mol. The van der Waals surface area contributed by atoms with Crippen molar-refractivity contribution in [2.75, 3.05) is 18.4 Å². The number of aromatic nitrogens is 4. The fraction of sp³-hybridized carbons (Fsp3) is 0.320. The molecule has 168 valence electrons. The van der Waals surface area contributed by atoms with Gasteiger partial charge >= 0.3 is 0 Å². The fourth-order valence-electron chi connectivity index (χ4n) is 4.20. The second-order valence-electron chi connectivity index (χ2n) is 8.64. The lowest BCUT2D eigenvalue weighted by molar-refractivity contribution is 0.102.